The van der Waals surface area contributed by atoms with Crippen LogP contribution in [0.4, 0.5) is 0 Å². The SMILES string of the molecule is CC1CC(=O)CC2CC[C@@H]3[C@@H](CC[C@@]4(C)[C@H]3CC(C)(C)C4(O)CCCO)[C@@]12C. The van der Waals surface area contributed by atoms with Gasteiger partial charge in [-0.3, -0.25) is 4.79 Å². The van der Waals surface area contributed by atoms with Gasteiger partial charge in [0.15, 0.2) is 0 Å². The molecule has 160 valence electrons. The van der Waals surface area contributed by atoms with Crippen molar-refractivity contribution < 1.29 is 15.0 Å². The summed E-state index contributed by atoms with van der Waals surface area (Å²) in [6.45, 7) is 11.9. The highest BCUT2D eigenvalue weighted by Gasteiger charge is 2.70. The van der Waals surface area contributed by atoms with Gasteiger partial charge in [-0.05, 0) is 90.8 Å². The van der Waals surface area contributed by atoms with Gasteiger partial charge in [-0.1, -0.05) is 34.6 Å². The third-order valence-corrected chi connectivity index (χ3v) is 10.9. The summed E-state index contributed by atoms with van der Waals surface area (Å²) < 4.78 is 0. The Bertz CT molecular complexity index is 642. The van der Waals surface area contributed by atoms with Crippen LogP contribution in [-0.2, 0) is 4.79 Å². The number of hydrogen-bond acceptors (Lipinski definition) is 3. The van der Waals surface area contributed by atoms with Crippen molar-refractivity contribution in [3.8, 4) is 0 Å². The maximum Gasteiger partial charge on any atom is 0.133 e. The molecule has 8 atom stereocenters. The van der Waals surface area contributed by atoms with Crippen LogP contribution < -0.4 is 0 Å². The molecule has 3 unspecified atom stereocenters. The maximum atomic E-state index is 12.3. The van der Waals surface area contributed by atoms with E-state index in [9.17, 15) is 15.0 Å². The third-order valence-electron chi connectivity index (χ3n) is 10.9. The smallest absolute Gasteiger partial charge is 0.133 e. The lowest BCUT2D eigenvalue weighted by Gasteiger charge is -2.63. The summed E-state index contributed by atoms with van der Waals surface area (Å²) in [5.41, 5.74) is -0.565. The van der Waals surface area contributed by atoms with E-state index < -0.39 is 5.60 Å². The van der Waals surface area contributed by atoms with Crippen LogP contribution in [0.1, 0.15) is 92.4 Å². The zero-order valence-corrected chi connectivity index (χ0v) is 18.8. The number of aliphatic hydroxyl groups is 2. The minimum atomic E-state index is -0.690. The number of carbonyl (C=O) groups excluding carboxylic acids is 1. The second-order valence-corrected chi connectivity index (χ2v) is 12.1. The number of aliphatic hydroxyl groups excluding tert-OH is 1. The van der Waals surface area contributed by atoms with E-state index in [1.165, 1.54) is 19.3 Å². The standard InChI is InChI=1S/C25H42O3/c1-16-13-18(27)14-17-7-8-19-20(24(16,17)5)9-11-23(4)21(19)15-22(2,3)25(23,28)10-6-12-26/h16-17,19-21,26,28H,6-15H2,1-5H3/t16?,17?,19-,20-,21+,23+,24+,25?/m1/s1. The summed E-state index contributed by atoms with van der Waals surface area (Å²) in [6.07, 6.45) is 8.78. The maximum absolute atomic E-state index is 12.3. The largest absolute Gasteiger partial charge is 0.396 e. The van der Waals surface area contributed by atoms with Crippen molar-refractivity contribution in [1.82, 2.24) is 0 Å². The van der Waals surface area contributed by atoms with Gasteiger partial charge in [0.2, 0.25) is 0 Å². The van der Waals surface area contributed by atoms with Crippen molar-refractivity contribution in [2.45, 2.75) is 98.0 Å². The lowest BCUT2D eigenvalue weighted by atomic mass is 9.42. The van der Waals surface area contributed by atoms with Crippen molar-refractivity contribution in [2.75, 3.05) is 6.61 Å². The van der Waals surface area contributed by atoms with E-state index in [1.54, 1.807) is 0 Å². The van der Waals surface area contributed by atoms with Crippen LogP contribution in [0.3, 0.4) is 0 Å². The Morgan fingerprint density at radius 3 is 2.43 bits per heavy atom. The first-order valence-electron chi connectivity index (χ1n) is 11.9. The van der Waals surface area contributed by atoms with Gasteiger partial charge in [-0.2, -0.15) is 0 Å². The molecule has 0 spiro atoms. The molecule has 2 N–H and O–H groups in total. The van der Waals surface area contributed by atoms with Gasteiger partial charge in [0.25, 0.3) is 0 Å². The Morgan fingerprint density at radius 1 is 1.04 bits per heavy atom. The van der Waals surface area contributed by atoms with Crippen molar-refractivity contribution in [2.24, 2.45) is 45.8 Å². The highest BCUT2D eigenvalue weighted by atomic mass is 16.3. The fraction of sp³-hybridized carbons (Fsp3) is 0.960. The van der Waals surface area contributed by atoms with Gasteiger partial charge in [0.05, 0.1) is 5.60 Å². The molecule has 3 heteroatoms. The molecule has 0 saturated heterocycles. The fourth-order valence-corrected chi connectivity index (χ4v) is 9.14. The first kappa shape index (κ1) is 20.8. The first-order valence-corrected chi connectivity index (χ1v) is 11.9. The average molecular weight is 391 g/mol. The quantitative estimate of drug-likeness (QED) is 0.714. The summed E-state index contributed by atoms with van der Waals surface area (Å²) in [4.78, 5) is 12.3. The molecule has 0 aromatic rings. The Morgan fingerprint density at radius 2 is 1.75 bits per heavy atom. The Labute approximate surface area is 171 Å². The minimum absolute atomic E-state index is 0.0518. The zero-order chi connectivity index (χ0) is 20.5. The molecule has 0 amide bonds. The average Bonchev–Trinajstić information content (AvgIpc) is 2.78. The van der Waals surface area contributed by atoms with Crippen LogP contribution >= 0.6 is 0 Å². The number of Topliss-reactive ketones (excluding diaryl/α,β-unsaturated/α-hetero) is 1. The molecule has 0 aromatic carbocycles. The lowest BCUT2D eigenvalue weighted by molar-refractivity contribution is -0.182. The van der Waals surface area contributed by atoms with Crippen LogP contribution in [0, 0.1) is 45.8 Å². The van der Waals surface area contributed by atoms with E-state index in [0.29, 0.717) is 48.2 Å². The van der Waals surface area contributed by atoms with E-state index in [1.807, 2.05) is 0 Å². The molecular weight excluding hydrogens is 348 g/mol. The van der Waals surface area contributed by atoms with Crippen molar-refractivity contribution in [1.29, 1.82) is 0 Å². The molecule has 4 aliphatic carbocycles. The van der Waals surface area contributed by atoms with Gasteiger partial charge < -0.3 is 10.2 Å². The first-order chi connectivity index (χ1) is 13.0. The van der Waals surface area contributed by atoms with Crippen molar-refractivity contribution in [3.05, 3.63) is 0 Å². The van der Waals surface area contributed by atoms with Gasteiger partial charge >= 0.3 is 0 Å². The second-order valence-electron chi connectivity index (χ2n) is 12.1. The molecule has 0 heterocycles. The van der Waals surface area contributed by atoms with Crippen LogP contribution in [0.5, 0.6) is 0 Å². The molecule has 0 radical (unpaired) electrons. The molecule has 0 bridgehead atoms. The van der Waals surface area contributed by atoms with Crippen molar-refractivity contribution in [3.63, 3.8) is 0 Å². The van der Waals surface area contributed by atoms with E-state index in [-0.39, 0.29) is 22.9 Å². The summed E-state index contributed by atoms with van der Waals surface area (Å²) in [6, 6.07) is 0. The monoisotopic (exact) mass is 390 g/mol. The van der Waals surface area contributed by atoms with Crippen molar-refractivity contribution >= 4 is 5.78 Å². The molecule has 4 saturated carbocycles. The van der Waals surface area contributed by atoms with Gasteiger partial charge in [-0.15, -0.1) is 0 Å². The Kier molecular flexibility index (Phi) is 4.87. The van der Waals surface area contributed by atoms with E-state index >= 15 is 0 Å². The van der Waals surface area contributed by atoms with Crippen LogP contribution in [0.25, 0.3) is 0 Å². The normalized spacial score (nSPS) is 52.7. The molecule has 0 aliphatic heterocycles. The summed E-state index contributed by atoms with van der Waals surface area (Å²) >= 11 is 0. The van der Waals surface area contributed by atoms with Crippen LogP contribution in [0.15, 0.2) is 0 Å². The van der Waals surface area contributed by atoms with Crippen LogP contribution in [-0.4, -0.2) is 28.2 Å². The van der Waals surface area contributed by atoms with Gasteiger partial charge in [0, 0.05) is 19.4 Å². The summed E-state index contributed by atoms with van der Waals surface area (Å²) in [5.74, 6) is 3.47. The molecule has 4 fully saturated rings. The molecule has 3 nitrogen and oxygen atoms in total. The molecule has 28 heavy (non-hydrogen) atoms. The second kappa shape index (κ2) is 6.54. The van der Waals surface area contributed by atoms with E-state index in [2.05, 4.69) is 34.6 Å². The van der Waals surface area contributed by atoms with Crippen LogP contribution in [0.2, 0.25) is 0 Å². The number of carbonyl (C=O) groups is 1. The summed E-state index contributed by atoms with van der Waals surface area (Å²) in [5, 5.41) is 21.5. The van der Waals surface area contributed by atoms with E-state index in [4.69, 9.17) is 0 Å². The topological polar surface area (TPSA) is 57.5 Å². The molecule has 0 aromatic heterocycles. The predicted octanol–water partition coefficient (Wildman–Crippen LogP) is 4.98. The number of hydrogen-bond donors (Lipinski definition) is 2. The molecular formula is C25H42O3. The lowest BCUT2D eigenvalue weighted by Crippen LogP contribution is -2.59. The fourth-order valence-electron chi connectivity index (χ4n) is 9.14. The number of fused-ring (bicyclic) bond motifs is 5. The van der Waals surface area contributed by atoms with Gasteiger partial charge in [0.1, 0.15) is 5.78 Å². The number of ketones is 1. The summed E-state index contributed by atoms with van der Waals surface area (Å²) in [7, 11) is 0. The number of rotatable bonds is 3. The zero-order valence-electron chi connectivity index (χ0n) is 18.8. The third kappa shape index (κ3) is 2.51. The Balaban J connectivity index is 1.68. The highest BCUT2D eigenvalue weighted by molar-refractivity contribution is 5.80. The molecule has 4 rings (SSSR count). The predicted molar refractivity (Wildman–Crippen MR) is 112 cm³/mol. The van der Waals surface area contributed by atoms with Gasteiger partial charge in [-0.25, -0.2) is 0 Å². The Hall–Kier alpha value is -0.410. The minimum Gasteiger partial charge on any atom is -0.396 e. The van der Waals surface area contributed by atoms with E-state index in [0.717, 1.165) is 25.7 Å². The highest BCUT2D eigenvalue weighted by Crippen LogP contribution is 2.72. The molecule has 4 aliphatic rings.